The Morgan fingerprint density at radius 2 is 2.07 bits per heavy atom. The summed E-state index contributed by atoms with van der Waals surface area (Å²) in [5.74, 6) is 0. The fourth-order valence-electron chi connectivity index (χ4n) is 1.92. The first-order chi connectivity index (χ1) is 6.93. The fourth-order valence-corrected chi connectivity index (χ4v) is 1.92. The zero-order valence-electron chi connectivity index (χ0n) is 9.56. The van der Waals surface area contributed by atoms with Crippen LogP contribution in [0, 0.1) is 0 Å². The Balaban J connectivity index is 1.75. The minimum atomic E-state index is 0.505. The second kappa shape index (κ2) is 8.25. The maximum absolute atomic E-state index is 5.54. The molecule has 0 spiro atoms. The second-order valence-electron chi connectivity index (χ2n) is 4.25. The van der Waals surface area contributed by atoms with E-state index in [4.69, 9.17) is 4.74 Å². The van der Waals surface area contributed by atoms with Crippen molar-refractivity contribution < 1.29 is 4.74 Å². The Morgan fingerprint density at radius 3 is 2.79 bits per heavy atom. The lowest BCUT2D eigenvalue weighted by atomic mass is 10.1. The third-order valence-electron chi connectivity index (χ3n) is 2.85. The van der Waals surface area contributed by atoms with Gasteiger partial charge in [-0.1, -0.05) is 32.6 Å². The predicted molar refractivity (Wildman–Crippen MR) is 60.6 cm³/mol. The first-order valence-electron chi connectivity index (χ1n) is 6.26. The van der Waals surface area contributed by atoms with Crippen molar-refractivity contribution in [2.75, 3.05) is 19.7 Å². The molecule has 1 fully saturated rings. The van der Waals surface area contributed by atoms with E-state index in [1.807, 2.05) is 0 Å². The number of nitrogens with one attached hydrogen (secondary N) is 1. The van der Waals surface area contributed by atoms with E-state index in [-0.39, 0.29) is 0 Å². The van der Waals surface area contributed by atoms with Gasteiger partial charge in [-0.2, -0.15) is 0 Å². The SMILES string of the molecule is CCCCCCCNCC1CCCO1. The summed E-state index contributed by atoms with van der Waals surface area (Å²) in [6.07, 6.45) is 9.85. The van der Waals surface area contributed by atoms with Crippen molar-refractivity contribution in [3.63, 3.8) is 0 Å². The molecule has 0 bridgehead atoms. The minimum Gasteiger partial charge on any atom is -0.377 e. The van der Waals surface area contributed by atoms with Gasteiger partial charge in [0.15, 0.2) is 0 Å². The van der Waals surface area contributed by atoms with E-state index < -0.39 is 0 Å². The van der Waals surface area contributed by atoms with Gasteiger partial charge in [0.05, 0.1) is 6.10 Å². The molecule has 1 saturated heterocycles. The molecule has 0 aromatic rings. The summed E-state index contributed by atoms with van der Waals surface area (Å²) in [6.45, 7) is 5.47. The van der Waals surface area contributed by atoms with Gasteiger partial charge in [0, 0.05) is 13.2 Å². The Labute approximate surface area is 88.4 Å². The molecule has 1 aliphatic heterocycles. The Kier molecular flexibility index (Phi) is 7.06. The third kappa shape index (κ3) is 5.61. The molecule has 0 aromatic carbocycles. The van der Waals surface area contributed by atoms with Crippen LogP contribution in [0.2, 0.25) is 0 Å². The molecular formula is C12H25NO. The Hall–Kier alpha value is -0.0800. The van der Waals surface area contributed by atoms with Crippen LogP contribution in [0.15, 0.2) is 0 Å². The van der Waals surface area contributed by atoms with Crippen molar-refractivity contribution in [3.8, 4) is 0 Å². The van der Waals surface area contributed by atoms with E-state index >= 15 is 0 Å². The van der Waals surface area contributed by atoms with Gasteiger partial charge in [-0.15, -0.1) is 0 Å². The van der Waals surface area contributed by atoms with Gasteiger partial charge in [-0.3, -0.25) is 0 Å². The molecule has 0 saturated carbocycles. The molecule has 1 unspecified atom stereocenters. The number of unbranched alkanes of at least 4 members (excludes halogenated alkanes) is 4. The van der Waals surface area contributed by atoms with Gasteiger partial charge < -0.3 is 10.1 Å². The average Bonchev–Trinajstić information content (AvgIpc) is 2.69. The van der Waals surface area contributed by atoms with Crippen molar-refractivity contribution >= 4 is 0 Å². The van der Waals surface area contributed by atoms with Crippen molar-refractivity contribution in [2.24, 2.45) is 0 Å². The van der Waals surface area contributed by atoms with Crippen LogP contribution in [-0.4, -0.2) is 25.8 Å². The van der Waals surface area contributed by atoms with Gasteiger partial charge >= 0.3 is 0 Å². The summed E-state index contributed by atoms with van der Waals surface area (Å²) in [5, 5.41) is 3.48. The lowest BCUT2D eigenvalue weighted by molar-refractivity contribution is 0.110. The first kappa shape index (κ1) is 12.0. The molecule has 1 atom stereocenters. The molecular weight excluding hydrogens is 174 g/mol. The summed E-state index contributed by atoms with van der Waals surface area (Å²) < 4.78 is 5.54. The fraction of sp³-hybridized carbons (Fsp3) is 1.00. The van der Waals surface area contributed by atoms with Crippen LogP contribution in [0.4, 0.5) is 0 Å². The normalized spacial score (nSPS) is 21.6. The second-order valence-corrected chi connectivity index (χ2v) is 4.25. The molecule has 1 heterocycles. The summed E-state index contributed by atoms with van der Waals surface area (Å²) in [4.78, 5) is 0. The number of hydrogen-bond donors (Lipinski definition) is 1. The zero-order valence-corrected chi connectivity index (χ0v) is 9.56. The molecule has 2 nitrogen and oxygen atoms in total. The van der Waals surface area contributed by atoms with Crippen molar-refractivity contribution in [1.29, 1.82) is 0 Å². The van der Waals surface area contributed by atoms with E-state index in [0.717, 1.165) is 13.2 Å². The van der Waals surface area contributed by atoms with E-state index in [2.05, 4.69) is 12.2 Å². The van der Waals surface area contributed by atoms with Crippen molar-refractivity contribution in [3.05, 3.63) is 0 Å². The van der Waals surface area contributed by atoms with Crippen LogP contribution in [0.25, 0.3) is 0 Å². The molecule has 14 heavy (non-hydrogen) atoms. The van der Waals surface area contributed by atoms with E-state index in [1.54, 1.807) is 0 Å². The average molecular weight is 199 g/mol. The monoisotopic (exact) mass is 199 g/mol. The summed E-state index contributed by atoms with van der Waals surface area (Å²) in [7, 11) is 0. The van der Waals surface area contributed by atoms with Crippen molar-refractivity contribution in [1.82, 2.24) is 5.32 Å². The van der Waals surface area contributed by atoms with Gasteiger partial charge in [0.25, 0.3) is 0 Å². The number of rotatable bonds is 8. The van der Waals surface area contributed by atoms with Gasteiger partial charge in [0.2, 0.25) is 0 Å². The summed E-state index contributed by atoms with van der Waals surface area (Å²) in [6, 6.07) is 0. The molecule has 1 aliphatic rings. The maximum Gasteiger partial charge on any atom is 0.0700 e. The van der Waals surface area contributed by atoms with Crippen LogP contribution in [0.3, 0.4) is 0 Å². The molecule has 0 aliphatic carbocycles. The van der Waals surface area contributed by atoms with Gasteiger partial charge in [-0.25, -0.2) is 0 Å². The molecule has 1 N–H and O–H groups in total. The highest BCUT2D eigenvalue weighted by molar-refractivity contribution is 4.67. The molecule has 84 valence electrons. The van der Waals surface area contributed by atoms with Gasteiger partial charge in [-0.05, 0) is 25.8 Å². The predicted octanol–water partition coefficient (Wildman–Crippen LogP) is 2.73. The summed E-state index contributed by atoms with van der Waals surface area (Å²) in [5.41, 5.74) is 0. The topological polar surface area (TPSA) is 21.3 Å². The molecule has 0 radical (unpaired) electrons. The largest absolute Gasteiger partial charge is 0.377 e. The Morgan fingerprint density at radius 1 is 1.21 bits per heavy atom. The van der Waals surface area contributed by atoms with Crippen LogP contribution in [0.1, 0.15) is 51.9 Å². The molecule has 1 rings (SSSR count). The first-order valence-corrected chi connectivity index (χ1v) is 6.26. The maximum atomic E-state index is 5.54. The number of ether oxygens (including phenoxy) is 1. The van der Waals surface area contributed by atoms with Gasteiger partial charge in [0.1, 0.15) is 0 Å². The quantitative estimate of drug-likeness (QED) is 0.607. The third-order valence-corrected chi connectivity index (χ3v) is 2.85. The van der Waals surface area contributed by atoms with Crippen LogP contribution in [-0.2, 0) is 4.74 Å². The lowest BCUT2D eigenvalue weighted by Gasteiger charge is -2.10. The minimum absolute atomic E-state index is 0.505. The molecule has 0 aromatic heterocycles. The zero-order chi connectivity index (χ0) is 10.1. The molecule has 2 heteroatoms. The standard InChI is InChI=1S/C12H25NO/c1-2-3-4-5-6-9-13-11-12-8-7-10-14-12/h12-13H,2-11H2,1H3. The molecule has 0 amide bonds. The van der Waals surface area contributed by atoms with E-state index in [0.29, 0.717) is 6.10 Å². The highest BCUT2D eigenvalue weighted by atomic mass is 16.5. The van der Waals surface area contributed by atoms with Crippen LogP contribution in [0.5, 0.6) is 0 Å². The summed E-state index contributed by atoms with van der Waals surface area (Å²) >= 11 is 0. The van der Waals surface area contributed by atoms with Crippen LogP contribution < -0.4 is 5.32 Å². The highest BCUT2D eigenvalue weighted by Gasteiger charge is 2.13. The van der Waals surface area contributed by atoms with E-state index in [9.17, 15) is 0 Å². The van der Waals surface area contributed by atoms with Crippen LogP contribution >= 0.6 is 0 Å². The van der Waals surface area contributed by atoms with Crippen molar-refractivity contribution in [2.45, 2.75) is 58.0 Å². The smallest absolute Gasteiger partial charge is 0.0700 e. The lowest BCUT2D eigenvalue weighted by Crippen LogP contribution is -2.26. The number of hydrogen-bond acceptors (Lipinski definition) is 2. The van der Waals surface area contributed by atoms with E-state index in [1.165, 1.54) is 51.5 Å². The highest BCUT2D eigenvalue weighted by Crippen LogP contribution is 2.10. The Bertz CT molecular complexity index is 121.